The first kappa shape index (κ1) is 13.0. The third kappa shape index (κ3) is 5.14. The second-order valence-electron chi connectivity index (χ2n) is 4.01. The summed E-state index contributed by atoms with van der Waals surface area (Å²) in [6.07, 6.45) is 0.937. The van der Waals surface area contributed by atoms with E-state index in [4.69, 9.17) is 16.3 Å². The maximum Gasteiger partial charge on any atom is 0.428 e. The van der Waals surface area contributed by atoms with E-state index in [0.29, 0.717) is 4.34 Å². The van der Waals surface area contributed by atoms with Crippen LogP contribution in [0.15, 0.2) is 17.2 Å². The maximum atomic E-state index is 11.2. The summed E-state index contributed by atoms with van der Waals surface area (Å²) in [6, 6.07) is 3.58. The number of hydrogen-bond donors (Lipinski definition) is 1. The molecule has 0 saturated heterocycles. The van der Waals surface area contributed by atoms with E-state index in [1.54, 1.807) is 26.8 Å². The molecule has 1 aromatic heterocycles. The third-order valence-corrected chi connectivity index (χ3v) is 2.51. The summed E-state index contributed by atoms with van der Waals surface area (Å²) in [7, 11) is 0. The highest BCUT2D eigenvalue weighted by Gasteiger charge is 2.15. The Kier molecular flexibility index (Phi) is 4.32. The predicted molar refractivity (Wildman–Crippen MR) is 66.3 cm³/mol. The molecule has 0 fully saturated rings. The van der Waals surface area contributed by atoms with Crippen molar-refractivity contribution in [2.45, 2.75) is 26.4 Å². The molecular formula is C10H13ClN2O2S. The van der Waals surface area contributed by atoms with Gasteiger partial charge in [-0.2, -0.15) is 5.10 Å². The fourth-order valence-electron chi connectivity index (χ4n) is 0.847. The van der Waals surface area contributed by atoms with Gasteiger partial charge in [0.2, 0.25) is 0 Å². The first-order valence-electron chi connectivity index (χ1n) is 4.64. The molecule has 0 unspecified atom stereocenters. The SMILES string of the molecule is CC(C)(C)OC(=O)N/N=C\c1ccc(Cl)s1. The van der Waals surface area contributed by atoms with Crippen molar-refractivity contribution in [1.82, 2.24) is 5.43 Å². The molecule has 1 heterocycles. The molecule has 1 amide bonds. The van der Waals surface area contributed by atoms with Gasteiger partial charge in [-0.25, -0.2) is 10.2 Å². The van der Waals surface area contributed by atoms with Gasteiger partial charge >= 0.3 is 6.09 Å². The average molecular weight is 261 g/mol. The second-order valence-corrected chi connectivity index (χ2v) is 5.76. The van der Waals surface area contributed by atoms with Crippen LogP contribution in [0.4, 0.5) is 4.79 Å². The average Bonchev–Trinajstić information content (AvgIpc) is 2.48. The highest BCUT2D eigenvalue weighted by Crippen LogP contribution is 2.19. The van der Waals surface area contributed by atoms with Crippen LogP contribution in [0.5, 0.6) is 0 Å². The Balaban J connectivity index is 2.40. The summed E-state index contributed by atoms with van der Waals surface area (Å²) in [5.74, 6) is 0. The van der Waals surface area contributed by atoms with E-state index >= 15 is 0 Å². The molecule has 16 heavy (non-hydrogen) atoms. The van der Waals surface area contributed by atoms with Crippen molar-refractivity contribution < 1.29 is 9.53 Å². The van der Waals surface area contributed by atoms with Crippen LogP contribution in [-0.4, -0.2) is 17.9 Å². The number of hydrazone groups is 1. The number of hydrogen-bond acceptors (Lipinski definition) is 4. The largest absolute Gasteiger partial charge is 0.443 e. The Hall–Kier alpha value is -1.07. The van der Waals surface area contributed by atoms with Crippen molar-refractivity contribution >= 4 is 35.2 Å². The number of thiophene rings is 1. The summed E-state index contributed by atoms with van der Waals surface area (Å²) in [4.78, 5) is 12.0. The lowest BCUT2D eigenvalue weighted by atomic mass is 10.2. The molecule has 0 atom stereocenters. The van der Waals surface area contributed by atoms with Crippen LogP contribution in [0.1, 0.15) is 25.6 Å². The van der Waals surface area contributed by atoms with Crippen molar-refractivity contribution in [2.75, 3.05) is 0 Å². The fraction of sp³-hybridized carbons (Fsp3) is 0.400. The molecular weight excluding hydrogens is 248 g/mol. The predicted octanol–water partition coefficient (Wildman–Crippen LogP) is 3.26. The molecule has 0 bridgehead atoms. The van der Waals surface area contributed by atoms with E-state index in [9.17, 15) is 4.79 Å². The minimum absolute atomic E-state index is 0.522. The van der Waals surface area contributed by atoms with Gasteiger partial charge in [0.05, 0.1) is 10.6 Å². The van der Waals surface area contributed by atoms with Gasteiger partial charge in [-0.1, -0.05) is 11.6 Å². The van der Waals surface area contributed by atoms with Gasteiger partial charge in [-0.3, -0.25) is 0 Å². The summed E-state index contributed by atoms with van der Waals surface area (Å²) in [5.41, 5.74) is 1.75. The Morgan fingerprint density at radius 2 is 2.25 bits per heavy atom. The Bertz CT molecular complexity index is 396. The van der Waals surface area contributed by atoms with Gasteiger partial charge in [-0.15, -0.1) is 11.3 Å². The molecule has 1 rings (SSSR count). The van der Waals surface area contributed by atoms with Crippen LogP contribution in [0.3, 0.4) is 0 Å². The van der Waals surface area contributed by atoms with E-state index < -0.39 is 11.7 Å². The Morgan fingerprint density at radius 3 is 2.75 bits per heavy atom. The van der Waals surface area contributed by atoms with Crippen molar-refractivity contribution in [3.8, 4) is 0 Å². The number of rotatable bonds is 2. The van der Waals surface area contributed by atoms with E-state index in [1.807, 2.05) is 6.07 Å². The van der Waals surface area contributed by atoms with Gasteiger partial charge in [0.1, 0.15) is 5.60 Å². The molecule has 88 valence electrons. The highest BCUT2D eigenvalue weighted by molar-refractivity contribution is 7.17. The van der Waals surface area contributed by atoms with Gasteiger partial charge in [0.25, 0.3) is 0 Å². The normalized spacial score (nSPS) is 11.8. The Labute approximate surface area is 103 Å². The molecule has 1 N–H and O–H groups in total. The lowest BCUT2D eigenvalue weighted by Crippen LogP contribution is -2.29. The van der Waals surface area contributed by atoms with Crippen molar-refractivity contribution in [3.63, 3.8) is 0 Å². The first-order chi connectivity index (χ1) is 7.37. The van der Waals surface area contributed by atoms with Crippen LogP contribution < -0.4 is 5.43 Å². The lowest BCUT2D eigenvalue weighted by Gasteiger charge is -2.18. The minimum atomic E-state index is -0.577. The number of carbonyl (C=O) groups excluding carboxylic acids is 1. The molecule has 1 aromatic rings. The van der Waals surface area contributed by atoms with E-state index in [1.165, 1.54) is 17.6 Å². The van der Waals surface area contributed by atoms with E-state index in [0.717, 1.165) is 4.88 Å². The van der Waals surface area contributed by atoms with Crippen LogP contribution in [-0.2, 0) is 4.74 Å². The summed E-state index contributed by atoms with van der Waals surface area (Å²) >= 11 is 7.11. The number of nitrogens with one attached hydrogen (secondary N) is 1. The van der Waals surface area contributed by atoms with Crippen LogP contribution in [0.25, 0.3) is 0 Å². The van der Waals surface area contributed by atoms with Crippen LogP contribution in [0, 0.1) is 0 Å². The zero-order valence-corrected chi connectivity index (χ0v) is 10.9. The molecule has 4 nitrogen and oxygen atoms in total. The summed E-state index contributed by atoms with van der Waals surface area (Å²) in [5, 5.41) is 3.74. The van der Waals surface area contributed by atoms with E-state index in [-0.39, 0.29) is 0 Å². The number of halogens is 1. The number of ether oxygens (including phenoxy) is 1. The van der Waals surface area contributed by atoms with Gasteiger partial charge in [0.15, 0.2) is 0 Å². The zero-order chi connectivity index (χ0) is 12.2. The summed E-state index contributed by atoms with van der Waals surface area (Å²) in [6.45, 7) is 5.36. The highest BCUT2D eigenvalue weighted by atomic mass is 35.5. The van der Waals surface area contributed by atoms with Crippen molar-refractivity contribution in [1.29, 1.82) is 0 Å². The van der Waals surface area contributed by atoms with Crippen LogP contribution in [0.2, 0.25) is 4.34 Å². The topological polar surface area (TPSA) is 50.7 Å². The van der Waals surface area contributed by atoms with Crippen molar-refractivity contribution in [2.24, 2.45) is 5.10 Å². The molecule has 0 aliphatic rings. The summed E-state index contributed by atoms with van der Waals surface area (Å²) < 4.78 is 5.67. The monoisotopic (exact) mass is 260 g/mol. The number of carbonyl (C=O) groups is 1. The van der Waals surface area contributed by atoms with Crippen molar-refractivity contribution in [3.05, 3.63) is 21.3 Å². The second kappa shape index (κ2) is 5.32. The molecule has 0 saturated carbocycles. The van der Waals surface area contributed by atoms with Gasteiger partial charge in [0, 0.05) is 4.88 Å². The standard InChI is InChI=1S/C10H13ClN2O2S/c1-10(2,3)15-9(14)13-12-6-7-4-5-8(11)16-7/h4-6H,1-3H3,(H,13,14)/b12-6-. The molecule has 0 aliphatic carbocycles. The molecule has 6 heteroatoms. The number of nitrogens with zero attached hydrogens (tertiary/aromatic N) is 1. The van der Waals surface area contributed by atoms with Crippen LogP contribution >= 0.6 is 22.9 Å². The lowest BCUT2D eigenvalue weighted by molar-refractivity contribution is 0.0529. The first-order valence-corrected chi connectivity index (χ1v) is 5.84. The quantitative estimate of drug-likeness (QED) is 0.655. The maximum absolute atomic E-state index is 11.2. The molecule has 0 spiro atoms. The van der Waals surface area contributed by atoms with Gasteiger partial charge in [-0.05, 0) is 32.9 Å². The molecule has 0 aromatic carbocycles. The van der Waals surface area contributed by atoms with Gasteiger partial charge < -0.3 is 4.74 Å². The minimum Gasteiger partial charge on any atom is -0.443 e. The zero-order valence-electron chi connectivity index (χ0n) is 9.28. The smallest absolute Gasteiger partial charge is 0.428 e. The Morgan fingerprint density at radius 1 is 1.56 bits per heavy atom. The fourth-order valence-corrected chi connectivity index (χ4v) is 1.78. The number of amides is 1. The van der Waals surface area contributed by atoms with E-state index in [2.05, 4.69) is 10.5 Å². The molecule has 0 aliphatic heterocycles. The molecule has 0 radical (unpaired) electrons. The third-order valence-electron chi connectivity index (χ3n) is 1.34.